The Balaban J connectivity index is 1.46. The molecule has 2 aliphatic heterocycles. The lowest BCUT2D eigenvalue weighted by Crippen LogP contribution is -2.46. The van der Waals surface area contributed by atoms with Crippen LogP contribution in [0.1, 0.15) is 11.1 Å². The molecule has 2 fully saturated rings. The van der Waals surface area contributed by atoms with E-state index in [-0.39, 0.29) is 29.8 Å². The van der Waals surface area contributed by atoms with E-state index in [2.05, 4.69) is 0 Å². The Labute approximate surface area is 188 Å². The molecule has 2 aromatic rings. The van der Waals surface area contributed by atoms with Crippen LogP contribution in [0.15, 0.2) is 53.4 Å². The standard InChI is InChI=1S/C23H21FN2O5S/c24-18-6-3-4-16(12-18)15-31-19-7-2-1-5-17(19)13-20-22(28)26(23(29)32-20)14-21(27)25-8-10-30-11-9-25/h1-7,12-13H,8-11,14-15H2/b20-13-. The Morgan fingerprint density at radius 3 is 2.69 bits per heavy atom. The third kappa shape index (κ3) is 5.17. The van der Waals surface area contributed by atoms with Gasteiger partial charge in [0.05, 0.1) is 18.1 Å². The highest BCUT2D eigenvalue weighted by Crippen LogP contribution is 2.34. The Kier molecular flexibility index (Phi) is 6.87. The third-order valence-electron chi connectivity index (χ3n) is 5.02. The molecule has 166 valence electrons. The summed E-state index contributed by atoms with van der Waals surface area (Å²) in [5.41, 5.74) is 1.27. The predicted octanol–water partition coefficient (Wildman–Crippen LogP) is 3.30. The maximum atomic E-state index is 13.4. The van der Waals surface area contributed by atoms with Crippen molar-refractivity contribution >= 4 is 34.9 Å². The number of carbonyl (C=O) groups excluding carboxylic acids is 3. The number of ether oxygens (including phenoxy) is 2. The highest BCUT2D eigenvalue weighted by Gasteiger charge is 2.37. The minimum atomic E-state index is -0.512. The molecule has 0 N–H and O–H groups in total. The van der Waals surface area contributed by atoms with Crippen LogP contribution in [0.3, 0.4) is 0 Å². The Hall–Kier alpha value is -3.17. The summed E-state index contributed by atoms with van der Waals surface area (Å²) in [6.07, 6.45) is 1.57. The van der Waals surface area contributed by atoms with Gasteiger partial charge in [-0.15, -0.1) is 0 Å². The van der Waals surface area contributed by atoms with E-state index in [1.54, 1.807) is 47.4 Å². The van der Waals surface area contributed by atoms with E-state index >= 15 is 0 Å². The molecule has 0 radical (unpaired) electrons. The van der Waals surface area contributed by atoms with Gasteiger partial charge in [-0.1, -0.05) is 30.3 Å². The van der Waals surface area contributed by atoms with Gasteiger partial charge >= 0.3 is 0 Å². The Morgan fingerprint density at radius 2 is 1.91 bits per heavy atom. The maximum Gasteiger partial charge on any atom is 0.294 e. The van der Waals surface area contributed by atoms with Crippen LogP contribution in [0, 0.1) is 5.82 Å². The number of hydrogen-bond donors (Lipinski definition) is 0. The summed E-state index contributed by atoms with van der Waals surface area (Å²) in [7, 11) is 0. The van der Waals surface area contributed by atoms with Crippen molar-refractivity contribution in [2.75, 3.05) is 32.8 Å². The number of hydrogen-bond acceptors (Lipinski definition) is 6. The van der Waals surface area contributed by atoms with Crippen LogP contribution in [-0.2, 0) is 20.9 Å². The zero-order valence-corrected chi connectivity index (χ0v) is 18.0. The van der Waals surface area contributed by atoms with Crippen LogP contribution in [0.4, 0.5) is 9.18 Å². The number of thioether (sulfide) groups is 1. The fourth-order valence-corrected chi connectivity index (χ4v) is 4.17. The van der Waals surface area contributed by atoms with Gasteiger partial charge in [-0.25, -0.2) is 4.39 Å². The number of amides is 3. The molecule has 0 atom stereocenters. The monoisotopic (exact) mass is 456 g/mol. The SMILES string of the molecule is O=C(CN1C(=O)S/C(=C\c2ccccc2OCc2cccc(F)c2)C1=O)N1CCOCC1. The second-order valence-corrected chi connectivity index (χ2v) is 8.21. The van der Waals surface area contributed by atoms with Crippen molar-refractivity contribution in [2.45, 2.75) is 6.61 Å². The van der Waals surface area contributed by atoms with Crippen molar-refractivity contribution in [3.8, 4) is 5.75 Å². The molecule has 0 bridgehead atoms. The zero-order chi connectivity index (χ0) is 22.5. The third-order valence-corrected chi connectivity index (χ3v) is 5.93. The largest absolute Gasteiger partial charge is 0.488 e. The van der Waals surface area contributed by atoms with Gasteiger partial charge in [-0.2, -0.15) is 0 Å². The van der Waals surface area contributed by atoms with Crippen molar-refractivity contribution in [2.24, 2.45) is 0 Å². The average molecular weight is 456 g/mol. The molecule has 3 amide bonds. The number of para-hydroxylation sites is 1. The number of halogens is 1. The van der Waals surface area contributed by atoms with E-state index in [1.165, 1.54) is 12.1 Å². The second kappa shape index (κ2) is 9.97. The second-order valence-electron chi connectivity index (χ2n) is 7.22. The molecule has 2 aromatic carbocycles. The maximum absolute atomic E-state index is 13.4. The highest BCUT2D eigenvalue weighted by atomic mass is 32.2. The van der Waals surface area contributed by atoms with Crippen LogP contribution >= 0.6 is 11.8 Å². The zero-order valence-electron chi connectivity index (χ0n) is 17.2. The van der Waals surface area contributed by atoms with Crippen LogP contribution in [0.5, 0.6) is 5.75 Å². The molecule has 0 unspecified atom stereocenters. The molecule has 2 heterocycles. The van der Waals surface area contributed by atoms with Gasteiger partial charge in [-0.3, -0.25) is 19.3 Å². The van der Waals surface area contributed by atoms with Crippen molar-refractivity contribution in [1.29, 1.82) is 0 Å². The van der Waals surface area contributed by atoms with Crippen LogP contribution in [0.25, 0.3) is 6.08 Å². The van der Waals surface area contributed by atoms with Crippen LogP contribution in [0.2, 0.25) is 0 Å². The molecule has 2 aliphatic rings. The van der Waals surface area contributed by atoms with Crippen molar-refractivity contribution in [3.63, 3.8) is 0 Å². The fraction of sp³-hybridized carbons (Fsp3) is 0.261. The quantitative estimate of drug-likeness (QED) is 0.621. The molecule has 0 saturated carbocycles. The summed E-state index contributed by atoms with van der Waals surface area (Å²) in [6.45, 7) is 1.64. The summed E-state index contributed by atoms with van der Waals surface area (Å²) in [4.78, 5) is 40.4. The van der Waals surface area contributed by atoms with Gasteiger partial charge in [0.15, 0.2) is 0 Å². The van der Waals surface area contributed by atoms with Gasteiger partial charge in [0.1, 0.15) is 24.7 Å². The molecule has 2 saturated heterocycles. The van der Waals surface area contributed by atoms with Gasteiger partial charge in [0, 0.05) is 18.7 Å². The number of morpholine rings is 1. The van der Waals surface area contributed by atoms with Crippen molar-refractivity contribution < 1.29 is 28.2 Å². The average Bonchev–Trinajstić information content (AvgIpc) is 3.06. The first kappa shape index (κ1) is 22.0. The molecule has 7 nitrogen and oxygen atoms in total. The van der Waals surface area contributed by atoms with Gasteiger partial charge in [0.2, 0.25) is 5.91 Å². The number of rotatable bonds is 6. The molecule has 0 aliphatic carbocycles. The van der Waals surface area contributed by atoms with Crippen molar-refractivity contribution in [1.82, 2.24) is 9.80 Å². The summed E-state index contributed by atoms with van der Waals surface area (Å²) in [5, 5.41) is -0.485. The topological polar surface area (TPSA) is 76.2 Å². The highest BCUT2D eigenvalue weighted by molar-refractivity contribution is 8.18. The fourth-order valence-electron chi connectivity index (χ4n) is 3.34. The van der Waals surface area contributed by atoms with Gasteiger partial charge < -0.3 is 14.4 Å². The molecule has 0 aromatic heterocycles. The smallest absolute Gasteiger partial charge is 0.294 e. The van der Waals surface area contributed by atoms with Gasteiger partial charge in [-0.05, 0) is 41.6 Å². The molecular weight excluding hydrogens is 435 g/mol. The summed E-state index contributed by atoms with van der Waals surface area (Å²) >= 11 is 0.788. The molecule has 4 rings (SSSR count). The Morgan fingerprint density at radius 1 is 1.12 bits per heavy atom. The first-order chi connectivity index (χ1) is 15.5. The van der Waals surface area contributed by atoms with E-state index in [0.717, 1.165) is 16.7 Å². The van der Waals surface area contributed by atoms with Crippen LogP contribution < -0.4 is 4.74 Å². The normalized spacial score (nSPS) is 17.8. The minimum absolute atomic E-state index is 0.151. The van der Waals surface area contributed by atoms with E-state index in [1.807, 2.05) is 0 Å². The lowest BCUT2D eigenvalue weighted by Gasteiger charge is -2.28. The van der Waals surface area contributed by atoms with E-state index in [4.69, 9.17) is 9.47 Å². The number of imide groups is 1. The first-order valence-corrected chi connectivity index (χ1v) is 10.9. The summed E-state index contributed by atoms with van der Waals surface area (Å²) in [5.74, 6) is -0.648. The number of carbonyl (C=O) groups is 3. The van der Waals surface area contributed by atoms with E-state index in [9.17, 15) is 18.8 Å². The lowest BCUT2D eigenvalue weighted by molar-refractivity contribution is -0.139. The van der Waals surface area contributed by atoms with Crippen LogP contribution in [-0.4, -0.2) is 59.7 Å². The molecular formula is C23H21FN2O5S. The minimum Gasteiger partial charge on any atom is -0.488 e. The van der Waals surface area contributed by atoms with Crippen molar-refractivity contribution in [3.05, 3.63) is 70.4 Å². The Bertz CT molecular complexity index is 1070. The summed E-state index contributed by atoms with van der Waals surface area (Å²) < 4.78 is 24.4. The molecule has 32 heavy (non-hydrogen) atoms. The van der Waals surface area contributed by atoms with E-state index < -0.39 is 11.1 Å². The summed E-state index contributed by atoms with van der Waals surface area (Å²) in [6, 6.07) is 13.2. The van der Waals surface area contributed by atoms with E-state index in [0.29, 0.717) is 43.2 Å². The predicted molar refractivity (Wildman–Crippen MR) is 117 cm³/mol. The number of benzene rings is 2. The molecule has 0 spiro atoms. The lowest BCUT2D eigenvalue weighted by atomic mass is 10.1. The number of nitrogens with zero attached hydrogens (tertiary/aromatic N) is 2. The van der Waals surface area contributed by atoms with Gasteiger partial charge in [0.25, 0.3) is 11.1 Å². The molecule has 9 heteroatoms. The first-order valence-electron chi connectivity index (χ1n) is 10.1.